The van der Waals surface area contributed by atoms with E-state index in [2.05, 4.69) is 9.97 Å². The second-order valence-electron chi connectivity index (χ2n) is 4.54. The molecule has 0 aliphatic carbocycles. The second-order valence-corrected chi connectivity index (χ2v) is 4.98. The van der Waals surface area contributed by atoms with E-state index in [1.807, 2.05) is 25.1 Å². The van der Waals surface area contributed by atoms with E-state index < -0.39 is 5.97 Å². The highest BCUT2D eigenvalue weighted by Gasteiger charge is 2.13. The van der Waals surface area contributed by atoms with Crippen LogP contribution in [0.4, 0.5) is 0 Å². The van der Waals surface area contributed by atoms with Crippen molar-refractivity contribution in [3.63, 3.8) is 0 Å². The Bertz CT molecular complexity index is 833. The molecule has 0 N–H and O–H groups in total. The molecule has 3 aromatic rings. The molecule has 104 valence electrons. The van der Waals surface area contributed by atoms with Crippen LogP contribution in [0.1, 0.15) is 16.1 Å². The number of hydrogen-bond acceptors (Lipinski definition) is 4. The highest BCUT2D eigenvalue weighted by Crippen LogP contribution is 2.22. The molecule has 0 atom stereocenters. The van der Waals surface area contributed by atoms with Gasteiger partial charge in [-0.3, -0.25) is 4.98 Å². The number of aromatic nitrogens is 2. The molecule has 0 fully saturated rings. The molecule has 2 aromatic carbocycles. The number of carbonyl (C=O) groups excluding carboxylic acids is 1. The van der Waals surface area contributed by atoms with Gasteiger partial charge in [0.2, 0.25) is 0 Å². The molecule has 1 aromatic heterocycles. The van der Waals surface area contributed by atoms with Gasteiger partial charge in [-0.2, -0.15) is 0 Å². The zero-order chi connectivity index (χ0) is 14.8. The molecule has 0 aliphatic rings. The van der Waals surface area contributed by atoms with Crippen molar-refractivity contribution in [2.24, 2.45) is 0 Å². The van der Waals surface area contributed by atoms with Crippen molar-refractivity contribution < 1.29 is 9.53 Å². The molecule has 1 heterocycles. The third-order valence-corrected chi connectivity index (χ3v) is 3.23. The van der Waals surface area contributed by atoms with Gasteiger partial charge in [0.25, 0.3) is 0 Å². The zero-order valence-electron chi connectivity index (χ0n) is 11.2. The molecule has 0 spiro atoms. The molecular formula is C16H11ClN2O2. The van der Waals surface area contributed by atoms with Gasteiger partial charge in [0.15, 0.2) is 5.69 Å². The van der Waals surface area contributed by atoms with Crippen LogP contribution in [0.5, 0.6) is 5.75 Å². The van der Waals surface area contributed by atoms with E-state index in [9.17, 15) is 4.79 Å². The number of nitrogens with zero attached hydrogens (tertiary/aromatic N) is 2. The number of halogens is 1. The molecule has 0 unspecified atom stereocenters. The van der Waals surface area contributed by atoms with Crippen molar-refractivity contribution in [3.8, 4) is 5.75 Å². The summed E-state index contributed by atoms with van der Waals surface area (Å²) in [5.41, 5.74) is 2.34. The number of esters is 1. The van der Waals surface area contributed by atoms with Crippen molar-refractivity contribution in [2.75, 3.05) is 0 Å². The van der Waals surface area contributed by atoms with Crippen LogP contribution in [0.25, 0.3) is 11.0 Å². The van der Waals surface area contributed by atoms with Gasteiger partial charge in [0.1, 0.15) is 5.75 Å². The Hall–Kier alpha value is -2.46. The SMILES string of the molecule is Cc1cc(Cl)ccc1OC(=O)c1cnc2ccccc2n1. The number of ether oxygens (including phenoxy) is 1. The summed E-state index contributed by atoms with van der Waals surface area (Å²) in [4.78, 5) is 20.6. The fraction of sp³-hybridized carbons (Fsp3) is 0.0625. The van der Waals surface area contributed by atoms with E-state index >= 15 is 0 Å². The lowest BCUT2D eigenvalue weighted by molar-refractivity contribution is 0.0727. The zero-order valence-corrected chi connectivity index (χ0v) is 12.0. The summed E-state index contributed by atoms with van der Waals surface area (Å²) in [6, 6.07) is 12.4. The Morgan fingerprint density at radius 1 is 1.14 bits per heavy atom. The van der Waals surface area contributed by atoms with Crippen molar-refractivity contribution in [3.05, 3.63) is 64.9 Å². The lowest BCUT2D eigenvalue weighted by Crippen LogP contribution is -2.11. The lowest BCUT2D eigenvalue weighted by atomic mass is 10.2. The van der Waals surface area contributed by atoms with E-state index in [0.717, 1.165) is 11.1 Å². The molecule has 0 aliphatic heterocycles. The highest BCUT2D eigenvalue weighted by atomic mass is 35.5. The minimum absolute atomic E-state index is 0.169. The molecule has 21 heavy (non-hydrogen) atoms. The first kappa shape index (κ1) is 13.5. The summed E-state index contributed by atoms with van der Waals surface area (Å²) in [5, 5.41) is 0.595. The molecule has 5 heteroatoms. The predicted octanol–water partition coefficient (Wildman–Crippen LogP) is 3.81. The third kappa shape index (κ3) is 2.85. The molecule has 0 saturated carbocycles. The van der Waals surface area contributed by atoms with Crippen molar-refractivity contribution >= 4 is 28.6 Å². The lowest BCUT2D eigenvalue weighted by Gasteiger charge is -2.07. The Balaban J connectivity index is 1.89. The summed E-state index contributed by atoms with van der Waals surface area (Å²) in [6.07, 6.45) is 1.41. The van der Waals surface area contributed by atoms with Crippen LogP contribution < -0.4 is 4.74 Å². The number of hydrogen-bond donors (Lipinski definition) is 0. The Morgan fingerprint density at radius 3 is 2.67 bits per heavy atom. The quantitative estimate of drug-likeness (QED) is 0.533. The van der Waals surface area contributed by atoms with Gasteiger partial charge in [-0.1, -0.05) is 23.7 Å². The number of rotatable bonds is 2. The molecule has 0 amide bonds. The highest BCUT2D eigenvalue weighted by molar-refractivity contribution is 6.30. The fourth-order valence-corrected chi connectivity index (χ4v) is 2.16. The van der Waals surface area contributed by atoms with Gasteiger partial charge >= 0.3 is 5.97 Å². The van der Waals surface area contributed by atoms with Crippen LogP contribution in [0.2, 0.25) is 5.02 Å². The first-order chi connectivity index (χ1) is 10.1. The predicted molar refractivity (Wildman–Crippen MR) is 80.7 cm³/mol. The summed E-state index contributed by atoms with van der Waals surface area (Å²) < 4.78 is 5.34. The number of aryl methyl sites for hydroxylation is 1. The van der Waals surface area contributed by atoms with Crippen LogP contribution in [-0.4, -0.2) is 15.9 Å². The number of fused-ring (bicyclic) bond motifs is 1. The van der Waals surface area contributed by atoms with Crippen LogP contribution in [0.15, 0.2) is 48.7 Å². The topological polar surface area (TPSA) is 52.1 Å². The van der Waals surface area contributed by atoms with E-state index in [0.29, 0.717) is 16.3 Å². The molecule has 3 rings (SSSR count). The van der Waals surface area contributed by atoms with Crippen molar-refractivity contribution in [1.29, 1.82) is 0 Å². The summed E-state index contributed by atoms with van der Waals surface area (Å²) in [5.74, 6) is -0.0852. The minimum Gasteiger partial charge on any atom is -0.421 e. The number of para-hydroxylation sites is 2. The summed E-state index contributed by atoms with van der Waals surface area (Å²) in [7, 11) is 0. The molecule has 0 bridgehead atoms. The second kappa shape index (κ2) is 5.50. The Labute approximate surface area is 126 Å². The van der Waals surface area contributed by atoms with Gasteiger partial charge in [-0.05, 0) is 42.8 Å². The van der Waals surface area contributed by atoms with Crippen molar-refractivity contribution in [2.45, 2.75) is 6.92 Å². The van der Waals surface area contributed by atoms with E-state index in [4.69, 9.17) is 16.3 Å². The first-order valence-corrected chi connectivity index (χ1v) is 6.71. The van der Waals surface area contributed by atoms with Gasteiger partial charge < -0.3 is 4.74 Å². The van der Waals surface area contributed by atoms with Gasteiger partial charge in [0.05, 0.1) is 17.2 Å². The molecule has 0 radical (unpaired) electrons. The van der Waals surface area contributed by atoms with E-state index in [-0.39, 0.29) is 5.69 Å². The maximum atomic E-state index is 12.1. The maximum Gasteiger partial charge on any atom is 0.363 e. The van der Waals surface area contributed by atoms with Gasteiger partial charge in [-0.15, -0.1) is 0 Å². The number of benzene rings is 2. The van der Waals surface area contributed by atoms with E-state index in [1.165, 1.54) is 6.20 Å². The fourth-order valence-electron chi connectivity index (χ4n) is 1.94. The Morgan fingerprint density at radius 2 is 1.90 bits per heavy atom. The van der Waals surface area contributed by atoms with E-state index in [1.54, 1.807) is 24.3 Å². The average molecular weight is 299 g/mol. The summed E-state index contributed by atoms with van der Waals surface area (Å²) in [6.45, 7) is 1.82. The monoisotopic (exact) mass is 298 g/mol. The number of carbonyl (C=O) groups is 1. The largest absolute Gasteiger partial charge is 0.421 e. The van der Waals surface area contributed by atoms with Crippen molar-refractivity contribution in [1.82, 2.24) is 9.97 Å². The third-order valence-electron chi connectivity index (χ3n) is 3.00. The normalized spacial score (nSPS) is 10.6. The average Bonchev–Trinajstić information content (AvgIpc) is 2.49. The molecule has 4 nitrogen and oxygen atoms in total. The molecule has 0 saturated heterocycles. The van der Waals surface area contributed by atoms with Gasteiger partial charge in [0, 0.05) is 5.02 Å². The van der Waals surface area contributed by atoms with Crippen LogP contribution in [0.3, 0.4) is 0 Å². The minimum atomic E-state index is -0.543. The van der Waals surface area contributed by atoms with Crippen LogP contribution >= 0.6 is 11.6 Å². The first-order valence-electron chi connectivity index (χ1n) is 6.33. The Kier molecular flexibility index (Phi) is 3.54. The summed E-state index contributed by atoms with van der Waals surface area (Å²) >= 11 is 5.87. The maximum absolute atomic E-state index is 12.1. The van der Waals surface area contributed by atoms with Crippen LogP contribution in [0, 0.1) is 6.92 Å². The smallest absolute Gasteiger partial charge is 0.363 e. The molecular weight excluding hydrogens is 288 g/mol. The van der Waals surface area contributed by atoms with Gasteiger partial charge in [-0.25, -0.2) is 9.78 Å². The van der Waals surface area contributed by atoms with Crippen LogP contribution in [-0.2, 0) is 0 Å². The standard InChI is InChI=1S/C16H11ClN2O2/c1-10-8-11(17)6-7-15(10)21-16(20)14-9-18-12-4-2-3-5-13(12)19-14/h2-9H,1H3.